The first kappa shape index (κ1) is 10.6. The fourth-order valence-electron chi connectivity index (χ4n) is 1.51. The van der Waals surface area contributed by atoms with Gasteiger partial charge in [0.1, 0.15) is 16.7 Å². The van der Waals surface area contributed by atoms with E-state index in [-0.39, 0.29) is 18.7 Å². The van der Waals surface area contributed by atoms with Crippen LogP contribution in [0.5, 0.6) is 0 Å². The lowest BCUT2D eigenvalue weighted by Gasteiger charge is -2.34. The van der Waals surface area contributed by atoms with Crippen LogP contribution in [-0.4, -0.2) is 43.3 Å². The minimum Gasteiger partial charge on any atom is -0.530 e. The highest BCUT2D eigenvalue weighted by Crippen LogP contribution is 2.15. The number of carbonyl (C=O) groups is 1. The Bertz CT molecular complexity index is 254. The van der Waals surface area contributed by atoms with Crippen molar-refractivity contribution in [2.24, 2.45) is 5.11 Å². The summed E-state index contributed by atoms with van der Waals surface area (Å²) in [6, 6.07) is -0.302. The molecule has 0 saturated carbocycles. The van der Waals surface area contributed by atoms with E-state index in [1.54, 1.807) is 0 Å². The molecule has 0 radical (unpaired) electrons. The topological polar surface area (TPSA) is 103 Å². The number of hydrogen-bond donors (Lipinski definition) is 1. The molecule has 0 spiro atoms. The molecule has 7 nitrogen and oxygen atoms in total. The quantitative estimate of drug-likeness (QED) is 0.455. The third-order valence-electron chi connectivity index (χ3n) is 2.20. The SMILES string of the molecule is CO[C@H]1C[C@@H](N=[N+]=N)CN(C(=O)[O-])C1. The van der Waals surface area contributed by atoms with Gasteiger partial charge < -0.3 is 19.5 Å². The zero-order valence-electron chi connectivity index (χ0n) is 7.84. The first-order valence-corrected chi connectivity index (χ1v) is 4.22. The smallest absolute Gasteiger partial charge is 0.214 e. The van der Waals surface area contributed by atoms with Crippen LogP contribution in [0.25, 0.3) is 0 Å². The number of nitrogens with one attached hydrogen (secondary N) is 1. The standard InChI is InChI=1S/C7H12N4O3/c1-14-6-2-5(9-10-8)3-11(4-6)7(12)13/h5-6,8H,2-4H2,1H3/t5-,6+/m1/s1. The highest BCUT2D eigenvalue weighted by atomic mass is 16.5. The molecule has 0 aromatic carbocycles. The summed E-state index contributed by atoms with van der Waals surface area (Å²) < 4.78 is 5.05. The van der Waals surface area contributed by atoms with Gasteiger partial charge in [0.2, 0.25) is 4.91 Å². The molecule has 1 amide bonds. The van der Waals surface area contributed by atoms with Crippen molar-refractivity contribution in [1.29, 1.82) is 5.53 Å². The normalized spacial score (nSPS) is 26.8. The van der Waals surface area contributed by atoms with Gasteiger partial charge in [0.05, 0.1) is 6.10 Å². The lowest BCUT2D eigenvalue weighted by molar-refractivity contribution is -0.268. The van der Waals surface area contributed by atoms with Crippen LogP contribution >= 0.6 is 0 Å². The van der Waals surface area contributed by atoms with Gasteiger partial charge in [0, 0.05) is 26.6 Å². The fourth-order valence-corrected chi connectivity index (χ4v) is 1.51. The van der Waals surface area contributed by atoms with Crippen LogP contribution in [-0.2, 0) is 4.74 Å². The van der Waals surface area contributed by atoms with Crippen molar-refractivity contribution < 1.29 is 14.6 Å². The summed E-state index contributed by atoms with van der Waals surface area (Å²) in [4.78, 5) is 14.6. The Morgan fingerprint density at radius 1 is 1.71 bits per heavy atom. The maximum absolute atomic E-state index is 10.6. The molecule has 0 unspecified atom stereocenters. The van der Waals surface area contributed by atoms with E-state index < -0.39 is 6.09 Å². The third-order valence-corrected chi connectivity index (χ3v) is 2.20. The largest absolute Gasteiger partial charge is 0.530 e. The average molecular weight is 200 g/mol. The number of ether oxygens (including phenoxy) is 1. The second-order valence-electron chi connectivity index (χ2n) is 3.13. The van der Waals surface area contributed by atoms with Crippen LogP contribution < -0.4 is 10.0 Å². The molecule has 0 aromatic heterocycles. The Morgan fingerprint density at radius 2 is 2.43 bits per heavy atom. The molecule has 1 rings (SSSR count). The summed E-state index contributed by atoms with van der Waals surface area (Å²) in [5.74, 6) is 0. The van der Waals surface area contributed by atoms with Crippen molar-refractivity contribution in [3.8, 4) is 0 Å². The van der Waals surface area contributed by atoms with Crippen molar-refractivity contribution in [3.63, 3.8) is 0 Å². The Labute approximate surface area is 80.9 Å². The van der Waals surface area contributed by atoms with Gasteiger partial charge in [-0.05, 0) is 0 Å². The molecule has 78 valence electrons. The van der Waals surface area contributed by atoms with Crippen molar-refractivity contribution in [2.45, 2.75) is 18.6 Å². The van der Waals surface area contributed by atoms with Gasteiger partial charge in [-0.25, -0.2) is 0 Å². The summed E-state index contributed by atoms with van der Waals surface area (Å²) in [7, 11) is 1.51. The van der Waals surface area contributed by atoms with E-state index in [1.807, 2.05) is 0 Å². The maximum Gasteiger partial charge on any atom is 0.214 e. The average Bonchev–Trinajstić information content (AvgIpc) is 2.17. The molecule has 1 saturated heterocycles. The number of likely N-dealkylation sites (tertiary alicyclic amines) is 1. The van der Waals surface area contributed by atoms with E-state index in [2.05, 4.69) is 10.0 Å². The second kappa shape index (κ2) is 4.69. The maximum atomic E-state index is 10.6. The summed E-state index contributed by atoms with van der Waals surface area (Å²) in [5.41, 5.74) is 6.57. The van der Waals surface area contributed by atoms with Crippen molar-refractivity contribution in [1.82, 2.24) is 9.81 Å². The fraction of sp³-hybridized carbons (Fsp3) is 0.857. The Kier molecular flexibility index (Phi) is 3.55. The van der Waals surface area contributed by atoms with Crippen LogP contribution in [0, 0.1) is 5.53 Å². The summed E-state index contributed by atoms with van der Waals surface area (Å²) in [6.07, 6.45) is -0.850. The molecule has 14 heavy (non-hydrogen) atoms. The predicted octanol–water partition coefficient (Wildman–Crippen LogP) is -1.03. The molecule has 1 heterocycles. The van der Waals surface area contributed by atoms with Gasteiger partial charge in [-0.3, -0.25) is 0 Å². The Morgan fingerprint density at radius 3 is 2.93 bits per heavy atom. The van der Waals surface area contributed by atoms with Gasteiger partial charge in [0.15, 0.2) is 6.04 Å². The van der Waals surface area contributed by atoms with Crippen LogP contribution in [0.15, 0.2) is 5.11 Å². The number of carbonyl (C=O) groups excluding carboxylic acids is 1. The molecular weight excluding hydrogens is 188 g/mol. The van der Waals surface area contributed by atoms with Crippen LogP contribution in [0.1, 0.15) is 6.42 Å². The molecule has 0 aliphatic carbocycles. The predicted molar refractivity (Wildman–Crippen MR) is 43.5 cm³/mol. The van der Waals surface area contributed by atoms with Crippen LogP contribution in [0.2, 0.25) is 0 Å². The van der Waals surface area contributed by atoms with Crippen LogP contribution in [0.4, 0.5) is 4.79 Å². The zero-order chi connectivity index (χ0) is 10.6. The molecular formula is C7H12N4O3. The molecule has 2 atom stereocenters. The van der Waals surface area contributed by atoms with Gasteiger partial charge in [0.25, 0.3) is 0 Å². The minimum absolute atomic E-state index is 0.197. The van der Waals surface area contributed by atoms with Gasteiger partial charge in [-0.1, -0.05) is 0 Å². The molecule has 7 heteroatoms. The second-order valence-corrected chi connectivity index (χ2v) is 3.13. The molecule has 0 bridgehead atoms. The first-order chi connectivity index (χ1) is 6.67. The Hall–Kier alpha value is -1.46. The van der Waals surface area contributed by atoms with E-state index >= 15 is 0 Å². The van der Waals surface area contributed by atoms with Crippen molar-refractivity contribution >= 4 is 6.09 Å². The number of carboxylic acid groups (broad SMARTS) is 1. The monoisotopic (exact) mass is 200 g/mol. The lowest BCUT2D eigenvalue weighted by atomic mass is 10.0. The summed E-state index contributed by atoms with van der Waals surface area (Å²) in [6.45, 7) is 0.521. The number of hydrogen-bond acceptors (Lipinski definition) is 5. The molecule has 1 fully saturated rings. The molecule has 1 aliphatic heterocycles. The van der Waals surface area contributed by atoms with E-state index in [1.165, 1.54) is 7.11 Å². The molecule has 1 N–H and O–H groups in total. The highest BCUT2D eigenvalue weighted by Gasteiger charge is 2.29. The number of rotatable bonds is 2. The molecule has 0 aromatic rings. The zero-order valence-corrected chi connectivity index (χ0v) is 7.84. The third kappa shape index (κ3) is 2.51. The molecule has 1 aliphatic rings. The number of methoxy groups -OCH3 is 1. The Balaban J connectivity index is 2.65. The van der Waals surface area contributed by atoms with E-state index in [0.717, 1.165) is 4.90 Å². The first-order valence-electron chi connectivity index (χ1n) is 4.22. The summed E-state index contributed by atoms with van der Waals surface area (Å²) in [5, 5.41) is 14.2. The van der Waals surface area contributed by atoms with Crippen LogP contribution in [0.3, 0.4) is 0 Å². The van der Waals surface area contributed by atoms with E-state index in [4.69, 9.17) is 10.3 Å². The number of piperidine rings is 1. The van der Waals surface area contributed by atoms with Gasteiger partial charge in [-0.15, -0.1) is 0 Å². The number of nitrogens with zero attached hydrogens (tertiary/aromatic N) is 3. The lowest BCUT2D eigenvalue weighted by Crippen LogP contribution is -2.52. The minimum atomic E-state index is -1.24. The van der Waals surface area contributed by atoms with Gasteiger partial charge >= 0.3 is 0 Å². The van der Waals surface area contributed by atoms with E-state index in [9.17, 15) is 9.90 Å². The highest BCUT2D eigenvalue weighted by molar-refractivity contribution is 5.62. The summed E-state index contributed by atoms with van der Waals surface area (Å²) >= 11 is 0. The number of amides is 1. The van der Waals surface area contributed by atoms with E-state index in [0.29, 0.717) is 13.0 Å². The van der Waals surface area contributed by atoms with Crippen molar-refractivity contribution in [2.75, 3.05) is 20.2 Å². The van der Waals surface area contributed by atoms with Crippen molar-refractivity contribution in [3.05, 3.63) is 0 Å². The van der Waals surface area contributed by atoms with Gasteiger partial charge in [-0.2, -0.15) is 0 Å².